The van der Waals surface area contributed by atoms with Crippen LogP contribution in [0.25, 0.3) is 0 Å². The van der Waals surface area contributed by atoms with Crippen molar-refractivity contribution in [3.8, 4) is 0 Å². The highest BCUT2D eigenvalue weighted by molar-refractivity contribution is 7.89. The van der Waals surface area contributed by atoms with Gasteiger partial charge in [0.2, 0.25) is 10.0 Å². The Kier molecular flexibility index (Phi) is 7.32. The first-order valence-electron chi connectivity index (χ1n) is 9.17. The number of aryl methyl sites for hydroxylation is 1. The lowest BCUT2D eigenvalue weighted by Crippen LogP contribution is -2.49. The number of hydrogen-bond acceptors (Lipinski definition) is 6. The number of esters is 1. The lowest BCUT2D eigenvalue weighted by atomic mass is 10.2. The van der Waals surface area contributed by atoms with E-state index in [1.54, 1.807) is 25.1 Å². The molecule has 2 N–H and O–H groups in total. The molecule has 1 aromatic heterocycles. The molecule has 0 aromatic carbocycles. The van der Waals surface area contributed by atoms with Gasteiger partial charge in [0.15, 0.2) is 0 Å². The van der Waals surface area contributed by atoms with Gasteiger partial charge in [0.1, 0.15) is 10.6 Å². The van der Waals surface area contributed by atoms with E-state index in [9.17, 15) is 13.2 Å². The van der Waals surface area contributed by atoms with Crippen LogP contribution in [0.2, 0.25) is 0 Å². The minimum absolute atomic E-state index is 0. The molecule has 10 heteroatoms. The molecule has 1 atom stereocenters. The van der Waals surface area contributed by atoms with E-state index in [2.05, 4.69) is 15.2 Å². The molecule has 154 valence electrons. The standard InChI is InChI=1S/C17H28N4O4S.ClH/c1-4-25-17(22)15-12(2)16(13(3)19-15)26(23,24)21-8-5-14(11-21)20-9-6-18-7-10-20;/h14,18-19H,4-11H2,1-3H3;1H. The van der Waals surface area contributed by atoms with E-state index in [0.717, 1.165) is 32.6 Å². The molecule has 0 spiro atoms. The molecule has 2 saturated heterocycles. The lowest BCUT2D eigenvalue weighted by Gasteiger charge is -2.32. The Bertz CT molecular complexity index is 774. The van der Waals surface area contributed by atoms with Crippen molar-refractivity contribution in [3.05, 3.63) is 17.0 Å². The van der Waals surface area contributed by atoms with Gasteiger partial charge in [-0.3, -0.25) is 4.90 Å². The highest BCUT2D eigenvalue weighted by atomic mass is 35.5. The smallest absolute Gasteiger partial charge is 0.355 e. The SMILES string of the molecule is CCOC(=O)c1[nH]c(C)c(S(=O)(=O)N2CCC(N3CCNCC3)C2)c1C.Cl. The molecule has 2 aliphatic heterocycles. The summed E-state index contributed by atoms with van der Waals surface area (Å²) in [5.74, 6) is -0.519. The van der Waals surface area contributed by atoms with Gasteiger partial charge in [0.05, 0.1) is 6.61 Å². The largest absolute Gasteiger partial charge is 0.461 e. The topological polar surface area (TPSA) is 94.7 Å². The zero-order chi connectivity index (χ0) is 18.9. The minimum atomic E-state index is -3.65. The van der Waals surface area contributed by atoms with Crippen LogP contribution in [0.15, 0.2) is 4.90 Å². The fourth-order valence-corrected chi connectivity index (χ4v) is 5.83. The number of aromatic nitrogens is 1. The maximum Gasteiger partial charge on any atom is 0.355 e. The number of nitrogens with zero attached hydrogens (tertiary/aromatic N) is 2. The summed E-state index contributed by atoms with van der Waals surface area (Å²) in [5, 5.41) is 3.32. The molecule has 0 aliphatic carbocycles. The van der Waals surface area contributed by atoms with Crippen molar-refractivity contribution in [2.24, 2.45) is 0 Å². The van der Waals surface area contributed by atoms with E-state index < -0.39 is 16.0 Å². The summed E-state index contributed by atoms with van der Waals surface area (Å²) in [6.45, 7) is 10.1. The summed E-state index contributed by atoms with van der Waals surface area (Å²) < 4.78 is 33.0. The molecule has 3 rings (SSSR count). The molecular formula is C17H29ClN4O4S. The van der Waals surface area contributed by atoms with Crippen LogP contribution in [0.1, 0.15) is 35.1 Å². The van der Waals surface area contributed by atoms with Crippen molar-refractivity contribution in [2.45, 2.75) is 38.1 Å². The summed E-state index contributed by atoms with van der Waals surface area (Å²) in [6.07, 6.45) is 0.840. The van der Waals surface area contributed by atoms with E-state index in [4.69, 9.17) is 4.74 Å². The van der Waals surface area contributed by atoms with Crippen LogP contribution in [0.3, 0.4) is 0 Å². The summed E-state index contributed by atoms with van der Waals surface area (Å²) in [5.41, 5.74) is 1.14. The number of aromatic amines is 1. The van der Waals surface area contributed by atoms with E-state index in [-0.39, 0.29) is 35.6 Å². The first-order valence-corrected chi connectivity index (χ1v) is 10.6. The molecule has 2 fully saturated rings. The van der Waals surface area contributed by atoms with Crippen molar-refractivity contribution in [1.82, 2.24) is 19.5 Å². The van der Waals surface area contributed by atoms with E-state index >= 15 is 0 Å². The summed E-state index contributed by atoms with van der Waals surface area (Å²) in [6, 6.07) is 0.260. The Labute approximate surface area is 167 Å². The Morgan fingerprint density at radius 2 is 1.89 bits per heavy atom. The highest BCUT2D eigenvalue weighted by Gasteiger charge is 2.38. The van der Waals surface area contributed by atoms with Crippen molar-refractivity contribution in [2.75, 3.05) is 45.9 Å². The van der Waals surface area contributed by atoms with Gasteiger partial charge in [0.25, 0.3) is 0 Å². The number of piperazine rings is 1. The second-order valence-electron chi connectivity index (χ2n) is 6.89. The van der Waals surface area contributed by atoms with Crippen LogP contribution in [-0.2, 0) is 14.8 Å². The van der Waals surface area contributed by atoms with E-state index in [1.165, 1.54) is 0 Å². The molecule has 0 saturated carbocycles. The van der Waals surface area contributed by atoms with Gasteiger partial charge in [-0.25, -0.2) is 13.2 Å². The van der Waals surface area contributed by atoms with Gasteiger partial charge >= 0.3 is 5.97 Å². The second kappa shape index (κ2) is 8.91. The van der Waals surface area contributed by atoms with Gasteiger partial charge < -0.3 is 15.0 Å². The van der Waals surface area contributed by atoms with Crippen LogP contribution in [0.5, 0.6) is 0 Å². The summed E-state index contributed by atoms with van der Waals surface area (Å²) in [7, 11) is -3.65. The Morgan fingerprint density at radius 3 is 2.52 bits per heavy atom. The number of hydrogen-bond donors (Lipinski definition) is 2. The first-order chi connectivity index (χ1) is 12.4. The quantitative estimate of drug-likeness (QED) is 0.687. The zero-order valence-electron chi connectivity index (χ0n) is 16.1. The average molecular weight is 421 g/mol. The molecule has 1 aromatic rings. The van der Waals surface area contributed by atoms with Crippen molar-refractivity contribution in [3.63, 3.8) is 0 Å². The van der Waals surface area contributed by atoms with Crippen LogP contribution in [0, 0.1) is 13.8 Å². The second-order valence-corrected chi connectivity index (χ2v) is 8.77. The Hall–Kier alpha value is -1.13. The fourth-order valence-electron chi connectivity index (χ4n) is 3.93. The normalized spacial score (nSPS) is 21.8. The van der Waals surface area contributed by atoms with Crippen molar-refractivity contribution < 1.29 is 17.9 Å². The number of carbonyl (C=O) groups excluding carboxylic acids is 1. The molecule has 0 radical (unpaired) electrons. The number of nitrogens with one attached hydrogen (secondary N) is 2. The fraction of sp³-hybridized carbons (Fsp3) is 0.706. The minimum Gasteiger partial charge on any atom is -0.461 e. The Morgan fingerprint density at radius 1 is 1.22 bits per heavy atom. The molecule has 0 bridgehead atoms. The van der Waals surface area contributed by atoms with Gasteiger partial charge in [-0.1, -0.05) is 0 Å². The summed E-state index contributed by atoms with van der Waals surface area (Å²) >= 11 is 0. The van der Waals surface area contributed by atoms with Crippen LogP contribution < -0.4 is 5.32 Å². The zero-order valence-corrected chi connectivity index (χ0v) is 17.7. The number of sulfonamides is 1. The third-order valence-corrected chi connectivity index (χ3v) is 7.38. The molecule has 27 heavy (non-hydrogen) atoms. The van der Waals surface area contributed by atoms with Crippen LogP contribution in [0.4, 0.5) is 0 Å². The molecule has 2 aliphatic rings. The third-order valence-electron chi connectivity index (χ3n) is 5.24. The highest BCUT2D eigenvalue weighted by Crippen LogP contribution is 2.30. The first kappa shape index (κ1) is 22.2. The summed E-state index contributed by atoms with van der Waals surface area (Å²) in [4.78, 5) is 17.5. The monoisotopic (exact) mass is 420 g/mol. The third kappa shape index (κ3) is 4.32. The maximum absolute atomic E-state index is 13.2. The Balaban J connectivity index is 0.00000261. The van der Waals surface area contributed by atoms with E-state index in [1.807, 2.05) is 0 Å². The van der Waals surface area contributed by atoms with E-state index in [0.29, 0.717) is 24.3 Å². The molecule has 0 amide bonds. The molecular weight excluding hydrogens is 392 g/mol. The average Bonchev–Trinajstić information content (AvgIpc) is 3.21. The van der Waals surface area contributed by atoms with Crippen LogP contribution in [-0.4, -0.2) is 80.5 Å². The number of rotatable bonds is 5. The van der Waals surface area contributed by atoms with Gasteiger partial charge in [-0.15, -0.1) is 12.4 Å². The maximum atomic E-state index is 13.2. The van der Waals surface area contributed by atoms with Gasteiger partial charge in [-0.2, -0.15) is 4.31 Å². The van der Waals surface area contributed by atoms with Gasteiger partial charge in [-0.05, 0) is 27.2 Å². The van der Waals surface area contributed by atoms with Gasteiger partial charge in [0, 0.05) is 56.6 Å². The molecule has 1 unspecified atom stereocenters. The lowest BCUT2D eigenvalue weighted by molar-refractivity contribution is 0.0519. The molecule has 3 heterocycles. The van der Waals surface area contributed by atoms with Crippen molar-refractivity contribution >= 4 is 28.4 Å². The predicted octanol–water partition coefficient (Wildman–Crippen LogP) is 0.898. The molecule has 8 nitrogen and oxygen atoms in total. The van der Waals surface area contributed by atoms with Crippen molar-refractivity contribution in [1.29, 1.82) is 0 Å². The number of H-pyrrole nitrogens is 1. The number of halogens is 1. The van der Waals surface area contributed by atoms with Crippen LogP contribution >= 0.6 is 12.4 Å². The number of carbonyl (C=O) groups is 1. The number of ether oxygens (including phenoxy) is 1. The predicted molar refractivity (Wildman–Crippen MR) is 105 cm³/mol.